The molecule has 0 aliphatic heterocycles. The normalized spacial score (nSPS) is 12.4. The molecule has 0 bridgehead atoms. The topological polar surface area (TPSA) is 12.0 Å². The summed E-state index contributed by atoms with van der Waals surface area (Å²) in [5.74, 6) is 0. The van der Waals surface area contributed by atoms with Crippen molar-refractivity contribution in [1.29, 1.82) is 0 Å². The molecule has 1 nitrogen and oxygen atoms in total. The molecule has 2 aromatic carbocycles. The summed E-state index contributed by atoms with van der Waals surface area (Å²) in [6, 6.07) is 14.6. The molecule has 0 spiro atoms. The van der Waals surface area contributed by atoms with Gasteiger partial charge in [0.25, 0.3) is 0 Å². The molecule has 0 saturated carbocycles. The highest BCUT2D eigenvalue weighted by Gasteiger charge is 2.09. The molecule has 2 aromatic rings. The number of hydrogen-bond donors (Lipinski definition) is 1. The van der Waals surface area contributed by atoms with Gasteiger partial charge in [-0.1, -0.05) is 55.2 Å². The van der Waals surface area contributed by atoms with Gasteiger partial charge in [0.15, 0.2) is 0 Å². The summed E-state index contributed by atoms with van der Waals surface area (Å²) in [4.78, 5) is 0. The van der Waals surface area contributed by atoms with E-state index in [0.717, 1.165) is 24.1 Å². The highest BCUT2D eigenvalue weighted by Crippen LogP contribution is 2.29. The summed E-state index contributed by atoms with van der Waals surface area (Å²) >= 11 is 12.2. The molecule has 1 unspecified atom stereocenters. The van der Waals surface area contributed by atoms with Crippen LogP contribution in [0.5, 0.6) is 0 Å². The molecule has 1 atom stereocenters. The van der Waals surface area contributed by atoms with Crippen molar-refractivity contribution in [2.24, 2.45) is 0 Å². The van der Waals surface area contributed by atoms with Gasteiger partial charge in [0, 0.05) is 16.1 Å². The molecule has 2 rings (SSSR count). The van der Waals surface area contributed by atoms with Crippen LogP contribution in [0.25, 0.3) is 11.1 Å². The zero-order valence-corrected chi connectivity index (χ0v) is 13.3. The summed E-state index contributed by atoms with van der Waals surface area (Å²) < 4.78 is 0. The number of rotatable bonds is 5. The van der Waals surface area contributed by atoms with E-state index in [1.807, 2.05) is 12.1 Å². The first kappa shape index (κ1) is 15.4. The third-order valence-electron chi connectivity index (χ3n) is 3.34. The van der Waals surface area contributed by atoms with E-state index in [-0.39, 0.29) is 0 Å². The van der Waals surface area contributed by atoms with Crippen LogP contribution in [-0.4, -0.2) is 6.54 Å². The van der Waals surface area contributed by atoms with Gasteiger partial charge in [0.2, 0.25) is 0 Å². The average Bonchev–Trinajstić information content (AvgIpc) is 2.44. The third-order valence-corrected chi connectivity index (χ3v) is 3.78. The highest BCUT2D eigenvalue weighted by molar-refractivity contribution is 6.35. The van der Waals surface area contributed by atoms with E-state index in [1.54, 1.807) is 6.07 Å². The lowest BCUT2D eigenvalue weighted by atomic mass is 9.98. The van der Waals surface area contributed by atoms with Crippen LogP contribution in [0.15, 0.2) is 42.5 Å². The molecule has 0 aliphatic rings. The zero-order valence-electron chi connectivity index (χ0n) is 11.8. The summed E-state index contributed by atoms with van der Waals surface area (Å²) in [6.07, 6.45) is 1.06. The maximum atomic E-state index is 6.08. The molecule has 1 N–H and O–H groups in total. The van der Waals surface area contributed by atoms with Crippen LogP contribution in [0.1, 0.15) is 31.9 Å². The second-order valence-corrected chi connectivity index (χ2v) is 5.67. The van der Waals surface area contributed by atoms with E-state index < -0.39 is 0 Å². The molecule has 0 aromatic heterocycles. The average molecular weight is 308 g/mol. The molecule has 106 valence electrons. The Labute approximate surface area is 130 Å². The van der Waals surface area contributed by atoms with Crippen molar-refractivity contribution in [2.45, 2.75) is 26.3 Å². The lowest BCUT2D eigenvalue weighted by Gasteiger charge is -2.17. The number of nitrogens with one attached hydrogen (secondary N) is 1. The summed E-state index contributed by atoms with van der Waals surface area (Å²) in [6.45, 7) is 5.28. The van der Waals surface area contributed by atoms with Crippen LogP contribution < -0.4 is 5.32 Å². The van der Waals surface area contributed by atoms with Crippen molar-refractivity contribution in [2.75, 3.05) is 6.54 Å². The fourth-order valence-corrected chi connectivity index (χ4v) is 2.93. The van der Waals surface area contributed by atoms with Gasteiger partial charge in [-0.3, -0.25) is 0 Å². The minimum absolute atomic E-state index is 0.384. The lowest BCUT2D eigenvalue weighted by Crippen LogP contribution is -2.19. The van der Waals surface area contributed by atoms with Crippen molar-refractivity contribution in [3.63, 3.8) is 0 Å². The highest BCUT2D eigenvalue weighted by atomic mass is 35.5. The van der Waals surface area contributed by atoms with E-state index >= 15 is 0 Å². The van der Waals surface area contributed by atoms with E-state index in [1.165, 1.54) is 5.56 Å². The Kier molecular flexibility index (Phi) is 5.47. The molecule has 0 amide bonds. The van der Waals surface area contributed by atoms with Gasteiger partial charge in [0.1, 0.15) is 0 Å². The molecule has 0 saturated heterocycles. The van der Waals surface area contributed by atoms with Gasteiger partial charge in [0.05, 0.1) is 0 Å². The van der Waals surface area contributed by atoms with E-state index in [0.29, 0.717) is 16.1 Å². The van der Waals surface area contributed by atoms with Gasteiger partial charge in [-0.2, -0.15) is 0 Å². The van der Waals surface area contributed by atoms with Gasteiger partial charge < -0.3 is 5.32 Å². The Hall–Kier alpha value is -1.02. The second-order valence-electron chi connectivity index (χ2n) is 4.80. The van der Waals surface area contributed by atoms with E-state index in [9.17, 15) is 0 Å². The smallest absolute Gasteiger partial charge is 0.0426 e. The first-order valence-corrected chi connectivity index (χ1v) is 7.69. The Balaban J connectivity index is 2.38. The van der Waals surface area contributed by atoms with Crippen LogP contribution in [0.4, 0.5) is 0 Å². The van der Waals surface area contributed by atoms with Gasteiger partial charge >= 0.3 is 0 Å². The SMILES string of the molecule is CCNC(CC)c1cccc(-c2cc(Cl)cc(Cl)c2)c1. The molecular formula is C17H19Cl2N. The maximum absolute atomic E-state index is 6.08. The van der Waals surface area contributed by atoms with E-state index in [4.69, 9.17) is 23.2 Å². The monoisotopic (exact) mass is 307 g/mol. The largest absolute Gasteiger partial charge is 0.310 e. The van der Waals surface area contributed by atoms with E-state index in [2.05, 4.69) is 43.4 Å². The number of benzene rings is 2. The summed E-state index contributed by atoms with van der Waals surface area (Å²) in [5, 5.41) is 4.82. The quantitative estimate of drug-likeness (QED) is 0.744. The summed E-state index contributed by atoms with van der Waals surface area (Å²) in [7, 11) is 0. The number of halogens is 2. The molecule has 0 fully saturated rings. The Morgan fingerprint density at radius 2 is 1.65 bits per heavy atom. The molecule has 0 aliphatic carbocycles. The fourth-order valence-electron chi connectivity index (χ4n) is 2.40. The molecular weight excluding hydrogens is 289 g/mol. The van der Waals surface area contributed by atoms with Crippen molar-refractivity contribution in [1.82, 2.24) is 5.32 Å². The Morgan fingerprint density at radius 3 is 2.25 bits per heavy atom. The van der Waals surface area contributed by atoms with Gasteiger partial charge in [-0.15, -0.1) is 0 Å². The van der Waals surface area contributed by atoms with Crippen LogP contribution in [0, 0.1) is 0 Å². The molecule has 20 heavy (non-hydrogen) atoms. The van der Waals surface area contributed by atoms with Gasteiger partial charge in [-0.05, 0) is 53.9 Å². The minimum Gasteiger partial charge on any atom is -0.310 e. The van der Waals surface area contributed by atoms with Crippen LogP contribution in [0.3, 0.4) is 0 Å². The minimum atomic E-state index is 0.384. The van der Waals surface area contributed by atoms with Crippen LogP contribution in [0.2, 0.25) is 10.0 Å². The zero-order chi connectivity index (χ0) is 14.5. The standard InChI is InChI=1S/C17H19Cl2N/c1-3-17(20-4-2)13-7-5-6-12(8-13)14-9-15(18)11-16(19)10-14/h5-11,17,20H,3-4H2,1-2H3. The Morgan fingerprint density at radius 1 is 0.950 bits per heavy atom. The first-order valence-electron chi connectivity index (χ1n) is 6.93. The predicted molar refractivity (Wildman–Crippen MR) is 88.6 cm³/mol. The predicted octanol–water partition coefficient (Wildman–Crippen LogP) is 5.72. The first-order chi connectivity index (χ1) is 9.63. The lowest BCUT2D eigenvalue weighted by molar-refractivity contribution is 0.537. The second kappa shape index (κ2) is 7.12. The van der Waals surface area contributed by atoms with Crippen LogP contribution >= 0.6 is 23.2 Å². The van der Waals surface area contributed by atoms with Gasteiger partial charge in [-0.25, -0.2) is 0 Å². The fraction of sp³-hybridized carbons (Fsp3) is 0.294. The van der Waals surface area contributed by atoms with Crippen molar-refractivity contribution >= 4 is 23.2 Å². The van der Waals surface area contributed by atoms with Crippen molar-refractivity contribution < 1.29 is 0 Å². The third kappa shape index (κ3) is 3.76. The summed E-state index contributed by atoms with van der Waals surface area (Å²) in [5.41, 5.74) is 3.49. The van der Waals surface area contributed by atoms with Crippen LogP contribution in [-0.2, 0) is 0 Å². The molecule has 0 heterocycles. The van der Waals surface area contributed by atoms with Crippen molar-refractivity contribution in [3.8, 4) is 11.1 Å². The number of hydrogen-bond acceptors (Lipinski definition) is 1. The van der Waals surface area contributed by atoms with Crippen molar-refractivity contribution in [3.05, 3.63) is 58.1 Å². The Bertz CT molecular complexity index is 561. The molecule has 3 heteroatoms. The maximum Gasteiger partial charge on any atom is 0.0426 e. The molecule has 0 radical (unpaired) electrons.